The van der Waals surface area contributed by atoms with E-state index in [2.05, 4.69) is 35.6 Å². The number of rotatable bonds is 9. The summed E-state index contributed by atoms with van der Waals surface area (Å²) in [5.74, 6) is 2.27. The summed E-state index contributed by atoms with van der Waals surface area (Å²) in [6.45, 7) is 7.49. The van der Waals surface area contributed by atoms with Gasteiger partial charge in [-0.2, -0.15) is 13.2 Å². The number of alkyl halides is 3. The van der Waals surface area contributed by atoms with E-state index in [0.717, 1.165) is 69.7 Å². The molecule has 1 aromatic rings. The highest BCUT2D eigenvalue weighted by molar-refractivity contribution is 7.97. The van der Waals surface area contributed by atoms with Crippen molar-refractivity contribution in [2.24, 2.45) is 16.8 Å². The third-order valence-electron chi connectivity index (χ3n) is 9.54. The van der Waals surface area contributed by atoms with Crippen LogP contribution in [0.4, 0.5) is 13.2 Å². The fraction of sp³-hybridized carbons (Fsp3) is 0.710. The van der Waals surface area contributed by atoms with Gasteiger partial charge in [0.15, 0.2) is 0 Å². The van der Waals surface area contributed by atoms with E-state index in [0.29, 0.717) is 25.8 Å². The SMILES string of the molecule is Cc1cc(CN2CCCC2=O)cc(C)c1CCSN1CCC2(CC1)N=C(C1CCC(CCC(F)(F)F)CC1)NC2=O. The molecule has 41 heavy (non-hydrogen) atoms. The number of nitrogens with one attached hydrogen (secondary N) is 1. The van der Waals surface area contributed by atoms with E-state index < -0.39 is 18.1 Å². The molecule has 0 radical (unpaired) electrons. The molecule has 1 spiro atoms. The Morgan fingerprint density at radius 3 is 2.34 bits per heavy atom. The maximum absolute atomic E-state index is 13.0. The molecule has 2 amide bonds. The molecular weight excluding hydrogens is 549 g/mol. The van der Waals surface area contributed by atoms with E-state index in [1.807, 2.05) is 16.8 Å². The summed E-state index contributed by atoms with van der Waals surface area (Å²) >= 11 is 1.84. The largest absolute Gasteiger partial charge is 0.389 e. The van der Waals surface area contributed by atoms with Crippen LogP contribution in [0.1, 0.15) is 86.5 Å². The van der Waals surface area contributed by atoms with Crippen molar-refractivity contribution in [3.63, 3.8) is 0 Å². The number of halogens is 3. The molecule has 10 heteroatoms. The summed E-state index contributed by atoms with van der Waals surface area (Å²) in [5.41, 5.74) is 4.46. The number of carbonyl (C=O) groups excluding carboxylic acids is 2. The maximum Gasteiger partial charge on any atom is 0.389 e. The minimum atomic E-state index is -4.08. The van der Waals surface area contributed by atoms with E-state index in [1.165, 1.54) is 22.3 Å². The monoisotopic (exact) mass is 592 g/mol. The maximum atomic E-state index is 13.0. The third kappa shape index (κ3) is 7.48. The van der Waals surface area contributed by atoms with E-state index in [1.54, 1.807) is 0 Å². The van der Waals surface area contributed by atoms with Crippen molar-refractivity contribution in [2.45, 2.75) is 103 Å². The van der Waals surface area contributed by atoms with Crippen molar-refractivity contribution < 1.29 is 22.8 Å². The number of hydrogen-bond donors (Lipinski definition) is 1. The second-order valence-electron chi connectivity index (χ2n) is 12.5. The van der Waals surface area contributed by atoms with E-state index in [9.17, 15) is 22.8 Å². The number of amides is 2. The summed E-state index contributed by atoms with van der Waals surface area (Å²) < 4.78 is 40.1. The molecule has 1 aliphatic carbocycles. The highest BCUT2D eigenvalue weighted by atomic mass is 32.2. The van der Waals surface area contributed by atoms with Crippen LogP contribution in [-0.2, 0) is 22.6 Å². The molecule has 3 fully saturated rings. The van der Waals surface area contributed by atoms with Crippen LogP contribution in [0.3, 0.4) is 0 Å². The summed E-state index contributed by atoms with van der Waals surface area (Å²) in [6, 6.07) is 4.46. The number of aliphatic imine (C=N–C) groups is 1. The number of piperidine rings is 1. The molecular formula is C31H43F3N4O2S. The standard InChI is InChI=1S/C31H43F3N4O2S/c1-21-18-24(20-37-14-3-4-27(37)39)19-22(2)26(21)10-17-41-38-15-12-30(13-16-38)29(40)35-28(36-30)25-7-5-23(6-8-25)9-11-31(32,33)34/h18-19,23,25H,3-17,20H2,1-2H3,(H,35,36,40). The molecule has 1 N–H and O–H groups in total. The molecule has 4 aliphatic rings. The molecule has 0 aromatic heterocycles. The molecule has 0 bridgehead atoms. The molecule has 226 valence electrons. The van der Waals surface area contributed by atoms with Crippen LogP contribution in [0, 0.1) is 25.7 Å². The lowest BCUT2D eigenvalue weighted by molar-refractivity contribution is -0.138. The Labute approximate surface area is 246 Å². The topological polar surface area (TPSA) is 65.0 Å². The van der Waals surface area contributed by atoms with Crippen LogP contribution in [0.15, 0.2) is 17.1 Å². The first kappa shape index (κ1) is 30.4. The number of aryl methyl sites for hydroxylation is 2. The van der Waals surface area contributed by atoms with Crippen LogP contribution in [0.5, 0.6) is 0 Å². The Kier molecular flexibility index (Phi) is 9.38. The second-order valence-corrected chi connectivity index (χ2v) is 13.7. The van der Waals surface area contributed by atoms with Crippen molar-refractivity contribution >= 4 is 29.6 Å². The van der Waals surface area contributed by atoms with Gasteiger partial charge in [-0.1, -0.05) is 24.1 Å². The highest BCUT2D eigenvalue weighted by Gasteiger charge is 2.47. The molecule has 2 saturated heterocycles. The Morgan fingerprint density at radius 1 is 1.05 bits per heavy atom. The van der Waals surface area contributed by atoms with Gasteiger partial charge in [-0.15, -0.1) is 0 Å². The summed E-state index contributed by atoms with van der Waals surface area (Å²) in [7, 11) is 0. The molecule has 3 aliphatic heterocycles. The minimum Gasteiger partial charge on any atom is -0.338 e. The van der Waals surface area contributed by atoms with Gasteiger partial charge in [-0.05, 0) is 99.8 Å². The summed E-state index contributed by atoms with van der Waals surface area (Å²) in [6.07, 6.45) is 2.55. The molecule has 0 atom stereocenters. The van der Waals surface area contributed by atoms with Gasteiger partial charge in [0.2, 0.25) is 5.91 Å². The third-order valence-corrected chi connectivity index (χ3v) is 10.7. The van der Waals surface area contributed by atoms with Crippen LogP contribution in [-0.4, -0.2) is 64.0 Å². The molecule has 1 aromatic carbocycles. The predicted molar refractivity (Wildman–Crippen MR) is 157 cm³/mol. The summed E-state index contributed by atoms with van der Waals surface area (Å²) in [5, 5.41) is 3.06. The van der Waals surface area contributed by atoms with Gasteiger partial charge in [-0.25, -0.2) is 0 Å². The average molecular weight is 593 g/mol. The lowest BCUT2D eigenvalue weighted by Crippen LogP contribution is -2.47. The smallest absolute Gasteiger partial charge is 0.338 e. The highest BCUT2D eigenvalue weighted by Crippen LogP contribution is 2.38. The number of hydrogen-bond acceptors (Lipinski definition) is 5. The van der Waals surface area contributed by atoms with Crippen LogP contribution >= 0.6 is 11.9 Å². The van der Waals surface area contributed by atoms with Gasteiger partial charge in [-0.3, -0.25) is 18.9 Å². The molecule has 6 nitrogen and oxygen atoms in total. The van der Waals surface area contributed by atoms with Crippen molar-refractivity contribution in [2.75, 3.05) is 25.4 Å². The second kappa shape index (κ2) is 12.7. The van der Waals surface area contributed by atoms with Gasteiger partial charge in [0.1, 0.15) is 11.4 Å². The van der Waals surface area contributed by atoms with Crippen LogP contribution in [0.2, 0.25) is 0 Å². The number of carbonyl (C=O) groups is 2. The van der Waals surface area contributed by atoms with Crippen LogP contribution < -0.4 is 5.32 Å². The van der Waals surface area contributed by atoms with Gasteiger partial charge in [0.05, 0.1) is 0 Å². The zero-order valence-corrected chi connectivity index (χ0v) is 25.1. The van der Waals surface area contributed by atoms with E-state index >= 15 is 0 Å². The lowest BCUT2D eigenvalue weighted by Gasteiger charge is -2.34. The first-order chi connectivity index (χ1) is 19.5. The predicted octanol–water partition coefficient (Wildman–Crippen LogP) is 6.13. The van der Waals surface area contributed by atoms with Crippen molar-refractivity contribution in [1.29, 1.82) is 0 Å². The van der Waals surface area contributed by atoms with Crippen molar-refractivity contribution in [1.82, 2.24) is 14.5 Å². The molecule has 1 saturated carbocycles. The van der Waals surface area contributed by atoms with Crippen LogP contribution in [0.25, 0.3) is 0 Å². The van der Waals surface area contributed by atoms with Gasteiger partial charge in [0, 0.05) is 50.7 Å². The Balaban J connectivity index is 1.07. The van der Waals surface area contributed by atoms with E-state index in [4.69, 9.17) is 4.99 Å². The number of benzene rings is 1. The first-order valence-corrected chi connectivity index (χ1v) is 16.2. The van der Waals surface area contributed by atoms with E-state index in [-0.39, 0.29) is 30.1 Å². The molecule has 0 unspecified atom stereocenters. The Morgan fingerprint density at radius 2 is 1.73 bits per heavy atom. The summed E-state index contributed by atoms with van der Waals surface area (Å²) in [4.78, 5) is 31.9. The normalized spacial score (nSPS) is 25.2. The zero-order chi connectivity index (χ0) is 29.2. The fourth-order valence-electron chi connectivity index (χ4n) is 7.09. The van der Waals surface area contributed by atoms with Gasteiger partial charge >= 0.3 is 6.18 Å². The Hall–Kier alpha value is -2.07. The fourth-order valence-corrected chi connectivity index (χ4v) is 8.08. The minimum absolute atomic E-state index is 0.00156. The quantitative estimate of drug-likeness (QED) is 0.351. The van der Waals surface area contributed by atoms with Gasteiger partial charge < -0.3 is 10.2 Å². The number of likely N-dealkylation sites (tertiary alicyclic amines) is 1. The van der Waals surface area contributed by atoms with Gasteiger partial charge in [0.25, 0.3) is 5.91 Å². The van der Waals surface area contributed by atoms with Crippen molar-refractivity contribution in [3.8, 4) is 0 Å². The number of nitrogens with zero attached hydrogens (tertiary/aromatic N) is 3. The average Bonchev–Trinajstić information content (AvgIpc) is 3.47. The Bertz CT molecular complexity index is 1130. The first-order valence-electron chi connectivity index (χ1n) is 15.2. The molecule has 5 rings (SSSR count). The zero-order valence-electron chi connectivity index (χ0n) is 24.3. The molecule has 3 heterocycles. The lowest BCUT2D eigenvalue weighted by atomic mass is 9.79. The number of amidine groups is 1. The van der Waals surface area contributed by atoms with Crippen molar-refractivity contribution in [3.05, 3.63) is 34.4 Å².